The summed E-state index contributed by atoms with van der Waals surface area (Å²) in [5.41, 5.74) is -2.37. The molecule has 1 aliphatic rings. The third-order valence-corrected chi connectivity index (χ3v) is 3.40. The first-order chi connectivity index (χ1) is 8.47. The van der Waals surface area contributed by atoms with Crippen LogP contribution in [0, 0.1) is 0 Å². The molecular weight excluding hydrogens is 240 g/mol. The summed E-state index contributed by atoms with van der Waals surface area (Å²) in [6.07, 6.45) is 3.72. The van der Waals surface area contributed by atoms with E-state index in [9.17, 15) is 14.4 Å². The number of carboxylic acids is 1. The minimum atomic E-state index is -1.36. The van der Waals surface area contributed by atoms with Gasteiger partial charge in [-0.25, -0.2) is 9.59 Å². The van der Waals surface area contributed by atoms with E-state index in [0.717, 1.165) is 25.5 Å². The van der Waals surface area contributed by atoms with Crippen LogP contribution in [0.3, 0.4) is 0 Å². The Kier molecular flexibility index (Phi) is 3.08. The van der Waals surface area contributed by atoms with Crippen molar-refractivity contribution in [1.82, 2.24) is 9.55 Å². The normalized spacial score (nSPS) is 17.2. The smallest absolute Gasteiger partial charge is 0.342 e. The Bertz CT molecular complexity index is 576. The van der Waals surface area contributed by atoms with Crippen LogP contribution in [-0.2, 0) is 11.3 Å². The second-order valence-electron chi connectivity index (χ2n) is 4.48. The largest absolute Gasteiger partial charge is 0.477 e. The second-order valence-corrected chi connectivity index (χ2v) is 4.48. The maximum Gasteiger partial charge on any atom is 0.342 e. The van der Waals surface area contributed by atoms with Gasteiger partial charge in [0.25, 0.3) is 5.56 Å². The molecule has 7 nitrogen and oxygen atoms in total. The molecule has 0 saturated heterocycles. The predicted molar refractivity (Wildman–Crippen MR) is 61.9 cm³/mol. The lowest BCUT2D eigenvalue weighted by atomic mass is 9.80. The minimum absolute atomic E-state index is 0.249. The number of rotatable bonds is 4. The van der Waals surface area contributed by atoms with Crippen LogP contribution < -0.4 is 11.2 Å². The number of aromatic carboxylic acids is 1. The van der Waals surface area contributed by atoms with E-state index in [-0.39, 0.29) is 6.54 Å². The molecule has 0 amide bonds. The Labute approximate surface area is 102 Å². The summed E-state index contributed by atoms with van der Waals surface area (Å²) in [5, 5.41) is 8.84. The zero-order chi connectivity index (χ0) is 13.3. The molecule has 0 unspecified atom stereocenters. The highest BCUT2D eigenvalue weighted by atomic mass is 16.5. The van der Waals surface area contributed by atoms with Crippen molar-refractivity contribution >= 4 is 5.97 Å². The lowest BCUT2D eigenvalue weighted by molar-refractivity contribution is -0.0843. The third kappa shape index (κ3) is 2.08. The van der Waals surface area contributed by atoms with Crippen LogP contribution in [0.2, 0.25) is 0 Å². The fourth-order valence-corrected chi connectivity index (χ4v) is 2.09. The highest BCUT2D eigenvalue weighted by Crippen LogP contribution is 2.36. The van der Waals surface area contributed by atoms with Crippen LogP contribution in [0.5, 0.6) is 0 Å². The average Bonchev–Trinajstić information content (AvgIpc) is 2.25. The molecule has 0 spiro atoms. The van der Waals surface area contributed by atoms with Crippen molar-refractivity contribution in [2.24, 2.45) is 0 Å². The van der Waals surface area contributed by atoms with Gasteiger partial charge in [0.2, 0.25) is 0 Å². The van der Waals surface area contributed by atoms with Gasteiger partial charge < -0.3 is 9.84 Å². The summed E-state index contributed by atoms with van der Waals surface area (Å²) >= 11 is 0. The van der Waals surface area contributed by atoms with Gasteiger partial charge in [-0.2, -0.15) is 0 Å². The van der Waals surface area contributed by atoms with E-state index in [1.165, 1.54) is 4.57 Å². The van der Waals surface area contributed by atoms with E-state index >= 15 is 0 Å². The van der Waals surface area contributed by atoms with Crippen molar-refractivity contribution in [2.75, 3.05) is 7.11 Å². The Hall–Kier alpha value is -1.89. The topological polar surface area (TPSA) is 101 Å². The van der Waals surface area contributed by atoms with Gasteiger partial charge in [-0.3, -0.25) is 14.3 Å². The summed E-state index contributed by atoms with van der Waals surface area (Å²) < 4.78 is 6.55. The molecule has 2 N–H and O–H groups in total. The van der Waals surface area contributed by atoms with E-state index in [1.807, 2.05) is 4.98 Å². The van der Waals surface area contributed by atoms with Crippen molar-refractivity contribution in [2.45, 2.75) is 31.4 Å². The number of carboxylic acid groups (broad SMARTS) is 1. The number of H-pyrrole nitrogens is 1. The number of carbonyl (C=O) groups is 1. The molecule has 0 bridgehead atoms. The van der Waals surface area contributed by atoms with Crippen molar-refractivity contribution < 1.29 is 14.6 Å². The lowest BCUT2D eigenvalue weighted by Crippen LogP contribution is -2.47. The molecule has 1 aliphatic carbocycles. The molecule has 1 saturated carbocycles. The summed E-state index contributed by atoms with van der Waals surface area (Å²) in [6, 6.07) is 0. The van der Waals surface area contributed by atoms with E-state index in [1.54, 1.807) is 7.11 Å². The molecule has 1 heterocycles. The van der Waals surface area contributed by atoms with Crippen LogP contribution in [0.15, 0.2) is 15.8 Å². The predicted octanol–water partition coefficient (Wildman–Crippen LogP) is -0.196. The quantitative estimate of drug-likeness (QED) is 0.775. The Morgan fingerprint density at radius 1 is 1.56 bits per heavy atom. The second kappa shape index (κ2) is 4.41. The molecule has 18 heavy (non-hydrogen) atoms. The van der Waals surface area contributed by atoms with Crippen LogP contribution in [0.25, 0.3) is 0 Å². The summed E-state index contributed by atoms with van der Waals surface area (Å²) in [4.78, 5) is 35.7. The average molecular weight is 254 g/mol. The van der Waals surface area contributed by atoms with Crippen LogP contribution in [0.4, 0.5) is 0 Å². The number of nitrogens with zero attached hydrogens (tertiary/aromatic N) is 1. The number of hydrogen-bond donors (Lipinski definition) is 2. The number of methoxy groups -OCH3 is 1. The summed E-state index contributed by atoms with van der Waals surface area (Å²) in [6.45, 7) is 0.249. The molecule has 7 heteroatoms. The standard InChI is InChI=1S/C11H14N2O5/c1-18-11(3-2-4-11)6-13-5-7(9(15)16)8(14)12-10(13)17/h5H,2-4,6H2,1H3,(H,15,16)(H,12,14,17). The first-order valence-corrected chi connectivity index (χ1v) is 5.60. The van der Waals surface area contributed by atoms with Gasteiger partial charge >= 0.3 is 11.7 Å². The van der Waals surface area contributed by atoms with Crippen LogP contribution in [0.1, 0.15) is 29.6 Å². The fourth-order valence-electron chi connectivity index (χ4n) is 2.09. The monoisotopic (exact) mass is 254 g/mol. The number of nitrogens with one attached hydrogen (secondary N) is 1. The molecular formula is C11H14N2O5. The van der Waals surface area contributed by atoms with E-state index in [0.29, 0.717) is 0 Å². The van der Waals surface area contributed by atoms with E-state index < -0.39 is 28.4 Å². The molecule has 98 valence electrons. The number of aromatic amines is 1. The highest BCUT2D eigenvalue weighted by molar-refractivity contribution is 5.86. The van der Waals surface area contributed by atoms with Gasteiger partial charge in [-0.05, 0) is 19.3 Å². The third-order valence-electron chi connectivity index (χ3n) is 3.40. The number of aromatic nitrogens is 2. The molecule has 0 aromatic carbocycles. The Morgan fingerprint density at radius 3 is 2.67 bits per heavy atom. The fraction of sp³-hybridized carbons (Fsp3) is 0.545. The van der Waals surface area contributed by atoms with Gasteiger partial charge in [-0.1, -0.05) is 0 Å². The summed E-state index contributed by atoms with van der Waals surface area (Å²) in [5.74, 6) is -1.36. The maximum atomic E-state index is 11.6. The molecule has 0 aliphatic heterocycles. The number of hydrogen-bond acceptors (Lipinski definition) is 4. The highest BCUT2D eigenvalue weighted by Gasteiger charge is 2.37. The molecule has 1 fully saturated rings. The maximum absolute atomic E-state index is 11.6. The zero-order valence-corrected chi connectivity index (χ0v) is 9.93. The van der Waals surface area contributed by atoms with E-state index in [2.05, 4.69) is 0 Å². The van der Waals surface area contributed by atoms with Gasteiger partial charge in [-0.15, -0.1) is 0 Å². The van der Waals surface area contributed by atoms with E-state index in [4.69, 9.17) is 9.84 Å². The van der Waals surface area contributed by atoms with Crippen molar-refractivity contribution in [1.29, 1.82) is 0 Å². The molecule has 1 aromatic heterocycles. The van der Waals surface area contributed by atoms with Gasteiger partial charge in [0.05, 0.1) is 12.1 Å². The van der Waals surface area contributed by atoms with Crippen molar-refractivity contribution in [3.8, 4) is 0 Å². The SMILES string of the molecule is COC1(Cn2cc(C(=O)O)c(=O)[nH]c2=O)CCC1. The Balaban J connectivity index is 2.39. The van der Waals surface area contributed by atoms with Crippen molar-refractivity contribution in [3.05, 3.63) is 32.6 Å². The molecule has 1 aromatic rings. The Morgan fingerprint density at radius 2 is 2.22 bits per heavy atom. The number of ether oxygens (including phenoxy) is 1. The first kappa shape index (κ1) is 12.6. The zero-order valence-electron chi connectivity index (χ0n) is 9.93. The van der Waals surface area contributed by atoms with Gasteiger partial charge in [0, 0.05) is 13.3 Å². The molecule has 0 atom stereocenters. The first-order valence-electron chi connectivity index (χ1n) is 5.60. The van der Waals surface area contributed by atoms with Crippen molar-refractivity contribution in [3.63, 3.8) is 0 Å². The summed E-state index contributed by atoms with van der Waals surface area (Å²) in [7, 11) is 1.56. The van der Waals surface area contributed by atoms with Crippen LogP contribution >= 0.6 is 0 Å². The van der Waals surface area contributed by atoms with Crippen LogP contribution in [-0.4, -0.2) is 33.3 Å². The van der Waals surface area contributed by atoms with Gasteiger partial charge in [0.15, 0.2) is 0 Å². The lowest BCUT2D eigenvalue weighted by Gasteiger charge is -2.40. The molecule has 2 rings (SSSR count). The minimum Gasteiger partial charge on any atom is -0.477 e. The van der Waals surface area contributed by atoms with Gasteiger partial charge in [0.1, 0.15) is 5.56 Å². The molecule has 0 radical (unpaired) electrons.